The van der Waals surface area contributed by atoms with Crippen LogP contribution in [0.15, 0.2) is 48.5 Å². The summed E-state index contributed by atoms with van der Waals surface area (Å²) < 4.78 is 6.48. The number of carbonyl (C=O) groups is 1. The lowest BCUT2D eigenvalue weighted by molar-refractivity contribution is -0.118. The zero-order valence-electron chi connectivity index (χ0n) is 14.2. The van der Waals surface area contributed by atoms with E-state index in [0.717, 1.165) is 52.9 Å². The van der Waals surface area contributed by atoms with Crippen molar-refractivity contribution in [3.63, 3.8) is 0 Å². The van der Waals surface area contributed by atoms with Crippen molar-refractivity contribution in [2.45, 2.75) is 6.04 Å². The minimum Gasteiger partial charge on any atom is -0.378 e. The molecule has 1 amide bonds. The average Bonchev–Trinajstić information content (AvgIpc) is 3.10. The zero-order chi connectivity index (χ0) is 17.9. The number of fused-ring (bicyclic) bond motifs is 1. The molecule has 3 aromatic rings. The number of morpholine rings is 1. The topological polar surface area (TPSA) is 80.5 Å². The van der Waals surface area contributed by atoms with Crippen LogP contribution in [0.3, 0.4) is 0 Å². The molecule has 1 aromatic heterocycles. The third-order valence-electron chi connectivity index (χ3n) is 4.39. The van der Waals surface area contributed by atoms with Crippen LogP contribution in [0.5, 0.6) is 0 Å². The van der Waals surface area contributed by atoms with E-state index in [2.05, 4.69) is 10.2 Å². The molecule has 0 saturated carbocycles. The lowest BCUT2D eigenvalue weighted by atomic mass is 10.1. The van der Waals surface area contributed by atoms with Crippen LogP contribution in [0.25, 0.3) is 10.2 Å². The quantitative estimate of drug-likeness (QED) is 0.724. The van der Waals surface area contributed by atoms with E-state index < -0.39 is 11.9 Å². The predicted molar refractivity (Wildman–Crippen MR) is 105 cm³/mol. The maximum absolute atomic E-state index is 11.9. The standard InChI is InChI=1S/C19H20N4O2S/c20-18(24)17(13-4-2-1-3-5-13)21-14-6-7-15-16(12-14)26-19(22-15)23-8-10-25-11-9-23/h1-7,12,17,21H,8-11H2,(H2,20,24). The first-order valence-corrected chi connectivity index (χ1v) is 9.36. The van der Waals surface area contributed by atoms with Crippen molar-refractivity contribution in [2.24, 2.45) is 5.73 Å². The SMILES string of the molecule is NC(=O)C(Nc1ccc2nc(N3CCOCC3)sc2c1)c1ccccc1. The number of amides is 1. The molecule has 1 unspecified atom stereocenters. The molecular formula is C19H20N4O2S. The highest BCUT2D eigenvalue weighted by Crippen LogP contribution is 2.32. The fraction of sp³-hybridized carbons (Fsp3) is 0.263. The first-order chi connectivity index (χ1) is 12.7. The van der Waals surface area contributed by atoms with Crippen LogP contribution in [0.2, 0.25) is 0 Å². The number of aromatic nitrogens is 1. The van der Waals surface area contributed by atoms with Gasteiger partial charge in [0.15, 0.2) is 5.13 Å². The number of benzene rings is 2. The summed E-state index contributed by atoms with van der Waals surface area (Å²) in [5.74, 6) is -0.408. The van der Waals surface area contributed by atoms with Crippen molar-refractivity contribution >= 4 is 38.3 Å². The molecule has 4 rings (SSSR count). The molecule has 26 heavy (non-hydrogen) atoms. The Balaban J connectivity index is 1.59. The number of nitrogens with two attached hydrogens (primary N) is 1. The van der Waals surface area contributed by atoms with Gasteiger partial charge in [0.1, 0.15) is 6.04 Å². The van der Waals surface area contributed by atoms with Crippen molar-refractivity contribution in [2.75, 3.05) is 36.5 Å². The van der Waals surface area contributed by atoms with Crippen LogP contribution in [0, 0.1) is 0 Å². The smallest absolute Gasteiger partial charge is 0.244 e. The largest absolute Gasteiger partial charge is 0.378 e. The minimum atomic E-state index is -0.569. The van der Waals surface area contributed by atoms with E-state index in [-0.39, 0.29) is 0 Å². The fourth-order valence-electron chi connectivity index (χ4n) is 3.02. The summed E-state index contributed by atoms with van der Waals surface area (Å²) in [7, 11) is 0. The zero-order valence-corrected chi connectivity index (χ0v) is 15.0. The molecule has 7 heteroatoms. The highest BCUT2D eigenvalue weighted by molar-refractivity contribution is 7.22. The monoisotopic (exact) mass is 368 g/mol. The van der Waals surface area contributed by atoms with Gasteiger partial charge in [-0.1, -0.05) is 41.7 Å². The second-order valence-electron chi connectivity index (χ2n) is 6.17. The Morgan fingerprint density at radius 2 is 1.96 bits per heavy atom. The number of primary amides is 1. The summed E-state index contributed by atoms with van der Waals surface area (Å²) in [6.45, 7) is 3.20. The van der Waals surface area contributed by atoms with E-state index in [1.807, 2.05) is 48.5 Å². The summed E-state index contributed by atoms with van der Waals surface area (Å²) in [5, 5.41) is 4.26. The highest BCUT2D eigenvalue weighted by Gasteiger charge is 2.19. The van der Waals surface area contributed by atoms with E-state index in [9.17, 15) is 4.79 Å². The molecule has 134 valence electrons. The number of anilines is 2. The number of rotatable bonds is 5. The van der Waals surface area contributed by atoms with E-state index >= 15 is 0 Å². The van der Waals surface area contributed by atoms with E-state index in [1.165, 1.54) is 0 Å². The summed E-state index contributed by atoms with van der Waals surface area (Å²) in [4.78, 5) is 18.9. The minimum absolute atomic E-state index is 0.408. The second kappa shape index (κ2) is 7.31. The van der Waals surface area contributed by atoms with Crippen molar-refractivity contribution < 1.29 is 9.53 Å². The van der Waals surface area contributed by atoms with Gasteiger partial charge >= 0.3 is 0 Å². The Bertz CT molecular complexity index is 906. The van der Waals surface area contributed by atoms with E-state index in [0.29, 0.717) is 0 Å². The van der Waals surface area contributed by atoms with Gasteiger partial charge in [0, 0.05) is 18.8 Å². The number of ether oxygens (including phenoxy) is 1. The van der Waals surface area contributed by atoms with Crippen molar-refractivity contribution in [1.29, 1.82) is 0 Å². The van der Waals surface area contributed by atoms with Gasteiger partial charge in [-0.15, -0.1) is 0 Å². The molecule has 0 radical (unpaired) electrons. The highest BCUT2D eigenvalue weighted by atomic mass is 32.1. The summed E-state index contributed by atoms with van der Waals surface area (Å²) in [6, 6.07) is 14.9. The van der Waals surface area contributed by atoms with Crippen LogP contribution >= 0.6 is 11.3 Å². The first kappa shape index (κ1) is 16.8. The fourth-order valence-corrected chi connectivity index (χ4v) is 4.08. The van der Waals surface area contributed by atoms with Gasteiger partial charge < -0.3 is 20.7 Å². The van der Waals surface area contributed by atoms with Crippen LogP contribution in [-0.2, 0) is 9.53 Å². The normalized spacial score (nSPS) is 15.8. The van der Waals surface area contributed by atoms with Gasteiger partial charge in [-0.25, -0.2) is 4.98 Å². The van der Waals surface area contributed by atoms with Crippen molar-refractivity contribution in [3.8, 4) is 0 Å². The molecule has 2 heterocycles. The molecule has 2 aromatic carbocycles. The van der Waals surface area contributed by atoms with Crippen molar-refractivity contribution in [1.82, 2.24) is 4.98 Å². The first-order valence-electron chi connectivity index (χ1n) is 8.55. The Morgan fingerprint density at radius 1 is 1.19 bits per heavy atom. The Labute approximate surface area is 155 Å². The van der Waals surface area contributed by atoms with Crippen LogP contribution in [0.1, 0.15) is 11.6 Å². The van der Waals surface area contributed by atoms with Crippen LogP contribution < -0.4 is 16.0 Å². The Kier molecular flexibility index (Phi) is 4.73. The Morgan fingerprint density at radius 3 is 2.69 bits per heavy atom. The van der Waals surface area contributed by atoms with Gasteiger partial charge in [0.25, 0.3) is 0 Å². The average molecular weight is 368 g/mol. The molecule has 0 bridgehead atoms. The third-order valence-corrected chi connectivity index (χ3v) is 5.47. The number of carbonyl (C=O) groups excluding carboxylic acids is 1. The number of hydrogen-bond acceptors (Lipinski definition) is 6. The van der Waals surface area contributed by atoms with Gasteiger partial charge in [0.2, 0.25) is 5.91 Å². The molecule has 1 fully saturated rings. The molecule has 1 saturated heterocycles. The van der Waals surface area contributed by atoms with E-state index in [4.69, 9.17) is 15.5 Å². The summed E-state index contributed by atoms with van der Waals surface area (Å²) in [6.07, 6.45) is 0. The van der Waals surface area contributed by atoms with Gasteiger partial charge in [-0.3, -0.25) is 4.79 Å². The molecular weight excluding hydrogens is 348 g/mol. The molecule has 0 aliphatic carbocycles. The number of hydrogen-bond donors (Lipinski definition) is 2. The van der Waals surface area contributed by atoms with Crippen LogP contribution in [-0.4, -0.2) is 37.2 Å². The lowest BCUT2D eigenvalue weighted by Crippen LogP contribution is -2.36. The van der Waals surface area contributed by atoms with Gasteiger partial charge in [-0.2, -0.15) is 0 Å². The number of thiazole rings is 1. The van der Waals surface area contributed by atoms with Crippen LogP contribution in [0.4, 0.5) is 10.8 Å². The number of nitrogens with one attached hydrogen (secondary N) is 1. The van der Waals surface area contributed by atoms with Gasteiger partial charge in [0.05, 0.1) is 23.4 Å². The lowest BCUT2D eigenvalue weighted by Gasteiger charge is -2.25. The molecule has 0 spiro atoms. The molecule has 1 aliphatic rings. The molecule has 1 aliphatic heterocycles. The third kappa shape index (κ3) is 3.49. The molecule has 3 N–H and O–H groups in total. The maximum atomic E-state index is 11.9. The summed E-state index contributed by atoms with van der Waals surface area (Å²) in [5.41, 5.74) is 8.25. The van der Waals surface area contributed by atoms with Gasteiger partial charge in [-0.05, 0) is 23.8 Å². The Hall–Kier alpha value is -2.64. The predicted octanol–water partition coefficient (Wildman–Crippen LogP) is 2.77. The number of nitrogens with zero attached hydrogens (tertiary/aromatic N) is 2. The maximum Gasteiger partial charge on any atom is 0.244 e. The summed E-state index contributed by atoms with van der Waals surface area (Å²) >= 11 is 1.65. The second-order valence-corrected chi connectivity index (χ2v) is 7.18. The molecule has 1 atom stereocenters. The molecule has 6 nitrogen and oxygen atoms in total. The van der Waals surface area contributed by atoms with Crippen molar-refractivity contribution in [3.05, 3.63) is 54.1 Å². The van der Waals surface area contributed by atoms with E-state index in [1.54, 1.807) is 11.3 Å².